The highest BCUT2D eigenvalue weighted by Gasteiger charge is 2.28. The van der Waals surface area contributed by atoms with E-state index in [1.54, 1.807) is 16.2 Å². The molecule has 1 aromatic rings. The van der Waals surface area contributed by atoms with E-state index in [1.807, 2.05) is 40.8 Å². The van der Waals surface area contributed by atoms with Crippen molar-refractivity contribution >= 4 is 33.2 Å². The molecular weight excluding hydrogens is 286 g/mol. The van der Waals surface area contributed by atoms with Crippen LogP contribution in [0.5, 0.6) is 0 Å². The van der Waals surface area contributed by atoms with Crippen molar-refractivity contribution < 1.29 is 4.79 Å². The fourth-order valence-electron chi connectivity index (χ4n) is 1.21. The van der Waals surface area contributed by atoms with E-state index >= 15 is 0 Å². The smallest absolute Gasteiger partial charge is 0.264 e. The molecule has 0 bridgehead atoms. The van der Waals surface area contributed by atoms with Crippen LogP contribution in [0.4, 0.5) is 0 Å². The summed E-state index contributed by atoms with van der Waals surface area (Å²) in [6.07, 6.45) is 0. The molecule has 0 aliphatic carbocycles. The van der Waals surface area contributed by atoms with Crippen LogP contribution in [0.3, 0.4) is 0 Å². The van der Waals surface area contributed by atoms with Crippen molar-refractivity contribution in [2.45, 2.75) is 33.2 Å². The predicted octanol–water partition coefficient (Wildman–Crippen LogP) is 3.61. The van der Waals surface area contributed by atoms with E-state index in [0.717, 1.165) is 10.2 Å². The highest BCUT2D eigenvalue weighted by Crippen LogP contribution is 2.25. The summed E-state index contributed by atoms with van der Waals surface area (Å²) in [6, 6.07) is 1.98. The van der Waals surface area contributed by atoms with Crippen molar-refractivity contribution in [1.82, 2.24) is 4.90 Å². The number of rotatable bonds is 3. The molecule has 16 heavy (non-hydrogen) atoms. The fourth-order valence-corrected chi connectivity index (χ4v) is 2.59. The minimum absolute atomic E-state index is 0.102. The van der Waals surface area contributed by atoms with Gasteiger partial charge in [-0.15, -0.1) is 11.3 Å². The van der Waals surface area contributed by atoms with Gasteiger partial charge in [0.15, 0.2) is 0 Å². The molecular formula is C12H18BrNOS. The van der Waals surface area contributed by atoms with E-state index in [4.69, 9.17) is 0 Å². The standard InChI is InChI=1S/C12H18BrNOS/c1-8-6-10(16-9(8)2)11(15)14(5)12(3,4)7-13/h6H,7H2,1-5H3. The van der Waals surface area contributed by atoms with Gasteiger partial charge in [0.1, 0.15) is 0 Å². The van der Waals surface area contributed by atoms with E-state index in [2.05, 4.69) is 15.9 Å². The first kappa shape index (κ1) is 13.7. The van der Waals surface area contributed by atoms with Crippen LogP contribution in [0.2, 0.25) is 0 Å². The minimum Gasteiger partial charge on any atom is -0.335 e. The fraction of sp³-hybridized carbons (Fsp3) is 0.583. The van der Waals surface area contributed by atoms with E-state index in [1.165, 1.54) is 10.4 Å². The third-order valence-electron chi connectivity index (χ3n) is 2.92. The maximum absolute atomic E-state index is 12.2. The monoisotopic (exact) mass is 303 g/mol. The molecule has 90 valence electrons. The number of alkyl halides is 1. The minimum atomic E-state index is -0.164. The van der Waals surface area contributed by atoms with Crippen molar-refractivity contribution in [2.24, 2.45) is 0 Å². The molecule has 0 fully saturated rings. The highest BCUT2D eigenvalue weighted by atomic mass is 79.9. The Balaban J connectivity index is 2.94. The lowest BCUT2D eigenvalue weighted by Crippen LogP contribution is -2.46. The summed E-state index contributed by atoms with van der Waals surface area (Å²) in [5.41, 5.74) is 1.03. The zero-order valence-corrected chi connectivity index (χ0v) is 12.8. The number of aryl methyl sites for hydroxylation is 2. The quantitative estimate of drug-likeness (QED) is 0.781. The summed E-state index contributed by atoms with van der Waals surface area (Å²) in [5.74, 6) is 0.102. The Hall–Kier alpha value is -0.350. The number of halogens is 1. The third kappa shape index (κ3) is 2.66. The molecule has 0 atom stereocenters. The van der Waals surface area contributed by atoms with Gasteiger partial charge in [-0.2, -0.15) is 0 Å². The molecule has 0 radical (unpaired) electrons. The third-order valence-corrected chi connectivity index (χ3v) is 5.43. The summed E-state index contributed by atoms with van der Waals surface area (Å²) >= 11 is 5.01. The van der Waals surface area contributed by atoms with Crippen molar-refractivity contribution in [2.75, 3.05) is 12.4 Å². The first-order valence-corrected chi connectivity index (χ1v) is 7.14. The van der Waals surface area contributed by atoms with Crippen LogP contribution in [-0.4, -0.2) is 28.7 Å². The normalized spacial score (nSPS) is 11.6. The topological polar surface area (TPSA) is 20.3 Å². The van der Waals surface area contributed by atoms with Gasteiger partial charge in [-0.1, -0.05) is 15.9 Å². The van der Waals surface area contributed by atoms with Gasteiger partial charge in [0.05, 0.1) is 4.88 Å². The molecule has 0 spiro atoms. The van der Waals surface area contributed by atoms with Crippen LogP contribution in [0, 0.1) is 13.8 Å². The van der Waals surface area contributed by atoms with Gasteiger partial charge in [0.25, 0.3) is 5.91 Å². The van der Waals surface area contributed by atoms with Crippen LogP contribution >= 0.6 is 27.3 Å². The predicted molar refractivity (Wildman–Crippen MR) is 73.8 cm³/mol. The van der Waals surface area contributed by atoms with Crippen LogP contribution in [0.1, 0.15) is 34.0 Å². The number of hydrogen-bond acceptors (Lipinski definition) is 2. The van der Waals surface area contributed by atoms with E-state index in [0.29, 0.717) is 0 Å². The van der Waals surface area contributed by atoms with E-state index in [9.17, 15) is 4.79 Å². The Morgan fingerprint density at radius 1 is 1.50 bits per heavy atom. The number of nitrogens with zero attached hydrogens (tertiary/aromatic N) is 1. The summed E-state index contributed by atoms with van der Waals surface area (Å²) in [7, 11) is 1.86. The molecule has 2 nitrogen and oxygen atoms in total. The molecule has 0 saturated heterocycles. The van der Waals surface area contributed by atoms with Crippen molar-refractivity contribution in [3.05, 3.63) is 21.4 Å². The second-order valence-electron chi connectivity index (χ2n) is 4.66. The number of thiophene rings is 1. The molecule has 1 aromatic heterocycles. The Labute approximate surface area is 110 Å². The SMILES string of the molecule is Cc1cc(C(=O)N(C)C(C)(C)CBr)sc1C. The molecule has 0 unspecified atom stereocenters. The average molecular weight is 304 g/mol. The number of hydrogen-bond donors (Lipinski definition) is 0. The molecule has 4 heteroatoms. The van der Waals surface area contributed by atoms with Crippen molar-refractivity contribution in [1.29, 1.82) is 0 Å². The Bertz CT molecular complexity index is 378. The van der Waals surface area contributed by atoms with Crippen LogP contribution in [0.25, 0.3) is 0 Å². The Morgan fingerprint density at radius 2 is 2.06 bits per heavy atom. The molecule has 0 aliphatic rings. The van der Waals surface area contributed by atoms with Gasteiger partial charge in [0.2, 0.25) is 0 Å². The second kappa shape index (κ2) is 4.88. The summed E-state index contributed by atoms with van der Waals surface area (Å²) in [6.45, 7) is 8.19. The largest absolute Gasteiger partial charge is 0.335 e. The zero-order valence-electron chi connectivity index (χ0n) is 10.4. The van der Waals surface area contributed by atoms with Gasteiger partial charge in [-0.05, 0) is 39.3 Å². The number of carbonyl (C=O) groups is 1. The maximum atomic E-state index is 12.2. The van der Waals surface area contributed by atoms with Gasteiger partial charge >= 0.3 is 0 Å². The van der Waals surface area contributed by atoms with Gasteiger partial charge < -0.3 is 4.90 Å². The lowest BCUT2D eigenvalue weighted by Gasteiger charge is -2.33. The Kier molecular flexibility index (Phi) is 4.18. The van der Waals surface area contributed by atoms with E-state index < -0.39 is 0 Å². The molecule has 0 aliphatic heterocycles. The van der Waals surface area contributed by atoms with Crippen molar-refractivity contribution in [3.8, 4) is 0 Å². The summed E-state index contributed by atoms with van der Waals surface area (Å²) < 4.78 is 0. The lowest BCUT2D eigenvalue weighted by molar-refractivity contribution is 0.0668. The summed E-state index contributed by atoms with van der Waals surface area (Å²) in [5, 5.41) is 0.769. The maximum Gasteiger partial charge on any atom is 0.264 e. The number of amides is 1. The Morgan fingerprint density at radius 3 is 2.44 bits per heavy atom. The molecule has 0 aromatic carbocycles. The summed E-state index contributed by atoms with van der Waals surface area (Å²) in [4.78, 5) is 16.1. The van der Waals surface area contributed by atoms with Crippen LogP contribution in [0.15, 0.2) is 6.07 Å². The molecule has 1 amide bonds. The first-order chi connectivity index (χ1) is 7.29. The number of carbonyl (C=O) groups excluding carboxylic acids is 1. The first-order valence-electron chi connectivity index (χ1n) is 5.20. The van der Waals surface area contributed by atoms with Gasteiger partial charge in [-0.25, -0.2) is 0 Å². The molecule has 1 heterocycles. The van der Waals surface area contributed by atoms with E-state index in [-0.39, 0.29) is 11.4 Å². The van der Waals surface area contributed by atoms with Gasteiger partial charge in [-0.3, -0.25) is 4.79 Å². The second-order valence-corrected chi connectivity index (χ2v) is 6.48. The molecule has 0 N–H and O–H groups in total. The molecule has 1 rings (SSSR count). The highest BCUT2D eigenvalue weighted by molar-refractivity contribution is 9.09. The average Bonchev–Trinajstić information content (AvgIpc) is 2.57. The zero-order chi connectivity index (χ0) is 12.5. The lowest BCUT2D eigenvalue weighted by atomic mass is 10.1. The van der Waals surface area contributed by atoms with Crippen LogP contribution in [-0.2, 0) is 0 Å². The van der Waals surface area contributed by atoms with Crippen LogP contribution < -0.4 is 0 Å². The van der Waals surface area contributed by atoms with Gasteiger partial charge in [0, 0.05) is 22.8 Å². The molecule has 0 saturated carbocycles. The van der Waals surface area contributed by atoms with Crippen molar-refractivity contribution in [3.63, 3.8) is 0 Å².